The number of hydrogen-bond acceptors (Lipinski definition) is 5. The van der Waals surface area contributed by atoms with E-state index in [9.17, 15) is 9.59 Å². The van der Waals surface area contributed by atoms with Crippen LogP contribution in [0.25, 0.3) is 0 Å². The Kier molecular flexibility index (Phi) is 9.27. The summed E-state index contributed by atoms with van der Waals surface area (Å²) in [5, 5.41) is 9.17. The van der Waals surface area contributed by atoms with Gasteiger partial charge in [0, 0.05) is 19.0 Å². The van der Waals surface area contributed by atoms with Gasteiger partial charge in [-0.1, -0.05) is 56.3 Å². The molecule has 0 spiro atoms. The SMILES string of the molecule is CC(C)CC(N)C(=O)NC(Cc1ccc(OCc2ccccc2)cc1)C(=O)NC1CCNC1. The number of ether oxygens (including phenoxy) is 1. The van der Waals surface area contributed by atoms with Crippen LogP contribution in [0.5, 0.6) is 5.75 Å². The van der Waals surface area contributed by atoms with Gasteiger partial charge in [-0.2, -0.15) is 0 Å². The lowest BCUT2D eigenvalue weighted by molar-refractivity contribution is -0.130. The molecule has 33 heavy (non-hydrogen) atoms. The molecule has 1 saturated heterocycles. The maximum absolute atomic E-state index is 13.0. The highest BCUT2D eigenvalue weighted by Crippen LogP contribution is 2.16. The number of rotatable bonds is 11. The van der Waals surface area contributed by atoms with Crippen molar-refractivity contribution in [1.29, 1.82) is 0 Å². The van der Waals surface area contributed by atoms with Crippen molar-refractivity contribution in [3.63, 3.8) is 0 Å². The molecule has 1 fully saturated rings. The van der Waals surface area contributed by atoms with Gasteiger partial charge >= 0.3 is 0 Å². The fraction of sp³-hybridized carbons (Fsp3) is 0.462. The lowest BCUT2D eigenvalue weighted by atomic mass is 10.0. The van der Waals surface area contributed by atoms with Crippen LogP contribution in [0.2, 0.25) is 0 Å². The van der Waals surface area contributed by atoms with Gasteiger partial charge in [0.05, 0.1) is 6.04 Å². The van der Waals surface area contributed by atoms with Crippen molar-refractivity contribution < 1.29 is 14.3 Å². The lowest BCUT2D eigenvalue weighted by Crippen LogP contribution is -2.54. The van der Waals surface area contributed by atoms with Gasteiger partial charge in [0.25, 0.3) is 0 Å². The molecule has 7 nitrogen and oxygen atoms in total. The van der Waals surface area contributed by atoms with Gasteiger partial charge < -0.3 is 26.4 Å². The number of amides is 2. The third-order valence-electron chi connectivity index (χ3n) is 5.71. The van der Waals surface area contributed by atoms with Crippen molar-refractivity contribution in [3.8, 4) is 5.75 Å². The molecule has 0 saturated carbocycles. The maximum atomic E-state index is 13.0. The molecule has 0 aliphatic carbocycles. The van der Waals surface area contributed by atoms with Crippen LogP contribution in [-0.4, -0.2) is 43.0 Å². The van der Waals surface area contributed by atoms with Gasteiger partial charge in [0.2, 0.25) is 11.8 Å². The smallest absolute Gasteiger partial charge is 0.243 e. The highest BCUT2D eigenvalue weighted by atomic mass is 16.5. The molecule has 5 N–H and O–H groups in total. The van der Waals surface area contributed by atoms with Crippen molar-refractivity contribution in [2.75, 3.05) is 13.1 Å². The zero-order valence-electron chi connectivity index (χ0n) is 19.6. The van der Waals surface area contributed by atoms with Crippen LogP contribution < -0.4 is 26.4 Å². The van der Waals surface area contributed by atoms with Crippen molar-refractivity contribution in [2.24, 2.45) is 11.7 Å². The monoisotopic (exact) mass is 452 g/mol. The number of benzene rings is 2. The largest absolute Gasteiger partial charge is 0.489 e. The minimum Gasteiger partial charge on any atom is -0.489 e. The van der Waals surface area contributed by atoms with Gasteiger partial charge in [0.15, 0.2) is 0 Å². The van der Waals surface area contributed by atoms with Crippen molar-refractivity contribution in [3.05, 3.63) is 65.7 Å². The van der Waals surface area contributed by atoms with E-state index < -0.39 is 12.1 Å². The van der Waals surface area contributed by atoms with Crippen molar-refractivity contribution in [1.82, 2.24) is 16.0 Å². The fourth-order valence-corrected chi connectivity index (χ4v) is 3.88. The maximum Gasteiger partial charge on any atom is 0.243 e. The molecule has 7 heteroatoms. The fourth-order valence-electron chi connectivity index (χ4n) is 3.88. The molecule has 3 unspecified atom stereocenters. The van der Waals surface area contributed by atoms with E-state index in [1.165, 1.54) is 0 Å². The second-order valence-corrected chi connectivity index (χ2v) is 9.12. The highest BCUT2D eigenvalue weighted by Gasteiger charge is 2.27. The van der Waals surface area contributed by atoms with Crippen LogP contribution in [0.3, 0.4) is 0 Å². The summed E-state index contributed by atoms with van der Waals surface area (Å²) >= 11 is 0. The third kappa shape index (κ3) is 8.18. The standard InChI is InChI=1S/C26H36N4O3/c1-18(2)14-23(27)25(31)30-24(26(32)29-21-12-13-28-16-21)15-19-8-10-22(11-9-19)33-17-20-6-4-3-5-7-20/h3-11,18,21,23-24,28H,12-17,27H2,1-2H3,(H,29,32)(H,30,31). The summed E-state index contributed by atoms with van der Waals surface area (Å²) in [6.07, 6.45) is 1.83. The van der Waals surface area contributed by atoms with Crippen LogP contribution in [-0.2, 0) is 22.6 Å². The summed E-state index contributed by atoms with van der Waals surface area (Å²) in [5.74, 6) is 0.573. The number of carbonyl (C=O) groups is 2. The third-order valence-corrected chi connectivity index (χ3v) is 5.71. The Balaban J connectivity index is 1.62. The molecule has 1 aliphatic rings. The molecule has 2 aromatic carbocycles. The van der Waals surface area contributed by atoms with E-state index in [1.807, 2.05) is 68.4 Å². The number of carbonyl (C=O) groups excluding carboxylic acids is 2. The Bertz CT molecular complexity index is 880. The van der Waals surface area contributed by atoms with Gasteiger partial charge in [0.1, 0.15) is 18.4 Å². The van der Waals surface area contributed by atoms with Crippen molar-refractivity contribution in [2.45, 2.75) is 57.8 Å². The molecular weight excluding hydrogens is 416 g/mol. The predicted octanol–water partition coefficient (Wildman–Crippen LogP) is 2.14. The summed E-state index contributed by atoms with van der Waals surface area (Å²) in [6.45, 7) is 6.15. The summed E-state index contributed by atoms with van der Waals surface area (Å²) in [5.41, 5.74) is 8.09. The average molecular weight is 453 g/mol. The van der Waals surface area contributed by atoms with Crippen LogP contribution >= 0.6 is 0 Å². The van der Waals surface area contributed by atoms with Gasteiger partial charge in [-0.15, -0.1) is 0 Å². The first-order valence-corrected chi connectivity index (χ1v) is 11.7. The zero-order chi connectivity index (χ0) is 23.6. The Morgan fingerprint density at radius 3 is 2.42 bits per heavy atom. The number of hydrogen-bond donors (Lipinski definition) is 4. The molecule has 0 bridgehead atoms. The van der Waals surface area contributed by atoms with Crippen LogP contribution in [0.15, 0.2) is 54.6 Å². The molecule has 178 valence electrons. The second kappa shape index (κ2) is 12.4. The summed E-state index contributed by atoms with van der Waals surface area (Å²) < 4.78 is 5.85. The molecule has 3 rings (SSSR count). The van der Waals surface area contributed by atoms with Gasteiger partial charge in [-0.3, -0.25) is 9.59 Å². The first-order chi connectivity index (χ1) is 15.9. The Morgan fingerprint density at radius 1 is 1.06 bits per heavy atom. The van der Waals surface area contributed by atoms with E-state index >= 15 is 0 Å². The number of nitrogens with two attached hydrogens (primary N) is 1. The van der Waals surface area contributed by atoms with Crippen molar-refractivity contribution >= 4 is 11.8 Å². The normalized spacial score (nSPS) is 17.4. The molecule has 2 aromatic rings. The van der Waals surface area contributed by atoms with E-state index in [2.05, 4.69) is 16.0 Å². The average Bonchev–Trinajstić information content (AvgIpc) is 3.31. The quantitative estimate of drug-likeness (QED) is 0.418. The predicted molar refractivity (Wildman–Crippen MR) is 130 cm³/mol. The second-order valence-electron chi connectivity index (χ2n) is 9.12. The molecule has 1 aliphatic heterocycles. The topological polar surface area (TPSA) is 105 Å². The highest BCUT2D eigenvalue weighted by molar-refractivity contribution is 5.90. The van der Waals surface area contributed by atoms with Crippen LogP contribution in [0.4, 0.5) is 0 Å². The molecule has 2 amide bonds. The van der Waals surface area contributed by atoms with Crippen LogP contribution in [0, 0.1) is 5.92 Å². The number of nitrogens with one attached hydrogen (secondary N) is 3. The first-order valence-electron chi connectivity index (χ1n) is 11.7. The lowest BCUT2D eigenvalue weighted by Gasteiger charge is -2.23. The van der Waals surface area contributed by atoms with E-state index in [-0.39, 0.29) is 17.9 Å². The minimum atomic E-state index is -0.688. The Hall–Kier alpha value is -2.90. The van der Waals surface area contributed by atoms with Gasteiger partial charge in [-0.05, 0) is 48.6 Å². The minimum absolute atomic E-state index is 0.0787. The molecule has 3 atom stereocenters. The molecular formula is C26H36N4O3. The summed E-state index contributed by atoms with van der Waals surface area (Å²) in [6, 6.07) is 16.4. The van der Waals surface area contributed by atoms with E-state index in [4.69, 9.17) is 10.5 Å². The molecule has 1 heterocycles. The van der Waals surface area contributed by atoms with Gasteiger partial charge in [-0.25, -0.2) is 0 Å². The summed E-state index contributed by atoms with van der Waals surface area (Å²) in [4.78, 5) is 25.6. The Morgan fingerprint density at radius 2 is 1.79 bits per heavy atom. The molecule has 0 aromatic heterocycles. The first kappa shape index (κ1) is 24.7. The van der Waals surface area contributed by atoms with E-state index in [1.54, 1.807) is 0 Å². The van der Waals surface area contributed by atoms with E-state index in [0.29, 0.717) is 25.4 Å². The Labute approximate surface area is 196 Å². The van der Waals surface area contributed by atoms with E-state index in [0.717, 1.165) is 36.4 Å². The zero-order valence-corrected chi connectivity index (χ0v) is 19.6. The summed E-state index contributed by atoms with van der Waals surface area (Å²) in [7, 11) is 0. The van der Waals surface area contributed by atoms with Crippen LogP contribution in [0.1, 0.15) is 37.8 Å². The molecule has 0 radical (unpaired) electrons.